The molecule has 0 aromatic carbocycles. The smallest absolute Gasteiger partial charge is 0.0685 e. The predicted molar refractivity (Wildman–Crippen MR) is 77.1 cm³/mol. The highest BCUT2D eigenvalue weighted by molar-refractivity contribution is 4.99. The molecule has 1 saturated carbocycles. The van der Waals surface area contributed by atoms with E-state index in [-0.39, 0.29) is 5.60 Å². The van der Waals surface area contributed by atoms with Gasteiger partial charge in [0.1, 0.15) is 0 Å². The minimum atomic E-state index is 0.222. The van der Waals surface area contributed by atoms with E-state index in [2.05, 4.69) is 23.9 Å². The third-order valence-electron chi connectivity index (χ3n) is 5.68. The lowest BCUT2D eigenvalue weighted by Gasteiger charge is -2.50. The van der Waals surface area contributed by atoms with Crippen LogP contribution in [0.3, 0.4) is 0 Å². The van der Waals surface area contributed by atoms with Crippen molar-refractivity contribution in [1.82, 2.24) is 9.80 Å². The van der Waals surface area contributed by atoms with Gasteiger partial charge in [0.05, 0.1) is 5.60 Å². The monoisotopic (exact) mass is 267 g/mol. The third kappa shape index (κ3) is 2.68. The molecule has 3 fully saturated rings. The molecule has 3 unspecified atom stereocenters. The van der Waals surface area contributed by atoms with E-state index in [0.29, 0.717) is 18.0 Å². The molecule has 0 aromatic rings. The molecule has 0 amide bonds. The van der Waals surface area contributed by atoms with Crippen LogP contribution in [0.15, 0.2) is 0 Å². The van der Waals surface area contributed by atoms with Crippen molar-refractivity contribution in [3.05, 3.63) is 0 Å². The summed E-state index contributed by atoms with van der Waals surface area (Å²) in [6, 6.07) is 0.813. The first kappa shape index (κ1) is 13.8. The highest BCUT2D eigenvalue weighted by Crippen LogP contribution is 2.45. The van der Waals surface area contributed by atoms with Crippen LogP contribution < -0.4 is 5.73 Å². The van der Waals surface area contributed by atoms with Crippen molar-refractivity contribution in [1.29, 1.82) is 0 Å². The minimum absolute atomic E-state index is 0.222. The van der Waals surface area contributed by atoms with Gasteiger partial charge in [-0.2, -0.15) is 0 Å². The average Bonchev–Trinajstić information content (AvgIpc) is 2.39. The number of ether oxygens (including phenoxy) is 1. The molecular weight excluding hydrogens is 238 g/mol. The quantitative estimate of drug-likeness (QED) is 0.807. The van der Waals surface area contributed by atoms with Gasteiger partial charge in [-0.1, -0.05) is 0 Å². The second kappa shape index (κ2) is 5.32. The van der Waals surface area contributed by atoms with Crippen LogP contribution in [0.5, 0.6) is 0 Å². The van der Waals surface area contributed by atoms with Crippen LogP contribution in [0, 0.1) is 5.92 Å². The Hall–Kier alpha value is -0.160. The van der Waals surface area contributed by atoms with E-state index in [1.54, 1.807) is 0 Å². The maximum atomic E-state index is 6.65. The molecule has 110 valence electrons. The fourth-order valence-electron chi connectivity index (χ4n) is 4.09. The van der Waals surface area contributed by atoms with E-state index in [1.807, 2.05) is 0 Å². The zero-order valence-electron chi connectivity index (χ0n) is 12.5. The summed E-state index contributed by atoms with van der Waals surface area (Å²) in [5.41, 5.74) is 6.87. The molecule has 0 radical (unpaired) electrons. The largest absolute Gasteiger partial charge is 0.375 e. The van der Waals surface area contributed by atoms with Crippen molar-refractivity contribution in [2.45, 2.75) is 49.8 Å². The van der Waals surface area contributed by atoms with E-state index in [1.165, 1.54) is 25.7 Å². The van der Waals surface area contributed by atoms with Crippen LogP contribution in [0.1, 0.15) is 32.1 Å². The average molecular weight is 267 g/mol. The molecular formula is C15H29N3O. The lowest BCUT2D eigenvalue weighted by Crippen LogP contribution is -2.61. The van der Waals surface area contributed by atoms with E-state index in [0.717, 1.165) is 32.7 Å². The lowest BCUT2D eigenvalue weighted by molar-refractivity contribution is -0.148. The maximum absolute atomic E-state index is 6.65. The Morgan fingerprint density at radius 2 is 2.05 bits per heavy atom. The topological polar surface area (TPSA) is 41.7 Å². The van der Waals surface area contributed by atoms with Gasteiger partial charge in [-0.15, -0.1) is 0 Å². The van der Waals surface area contributed by atoms with Gasteiger partial charge >= 0.3 is 0 Å². The fraction of sp³-hybridized carbons (Fsp3) is 1.00. The summed E-state index contributed by atoms with van der Waals surface area (Å²) in [6.45, 7) is 4.34. The Morgan fingerprint density at radius 1 is 1.26 bits per heavy atom. The summed E-state index contributed by atoms with van der Waals surface area (Å²) in [5.74, 6) is 0.646. The molecule has 3 aliphatic rings. The van der Waals surface area contributed by atoms with Crippen molar-refractivity contribution >= 4 is 0 Å². The van der Waals surface area contributed by atoms with Gasteiger partial charge in [0.25, 0.3) is 0 Å². The highest BCUT2D eigenvalue weighted by atomic mass is 16.5. The predicted octanol–water partition coefficient (Wildman–Crippen LogP) is 0.909. The summed E-state index contributed by atoms with van der Waals surface area (Å²) in [7, 11) is 4.44. The number of nitrogens with zero attached hydrogens (tertiary/aromatic N) is 2. The minimum Gasteiger partial charge on any atom is -0.375 e. The van der Waals surface area contributed by atoms with Gasteiger partial charge in [-0.05, 0) is 52.1 Å². The standard InChI is InChI=1S/C15H29N3O/c1-17-7-8-18(2)13(11-17)14(16)12-4-9-19-15(10-12)5-3-6-15/h12-14H,3-11,16H2,1-2H3. The summed E-state index contributed by atoms with van der Waals surface area (Å²) in [6.07, 6.45) is 6.21. The van der Waals surface area contributed by atoms with Crippen LogP contribution in [0.4, 0.5) is 0 Å². The van der Waals surface area contributed by atoms with Gasteiger partial charge in [0.2, 0.25) is 0 Å². The SMILES string of the molecule is CN1CCN(C)C(C(N)C2CCOC3(CCC3)C2)C1. The number of hydrogen-bond donors (Lipinski definition) is 1. The molecule has 0 bridgehead atoms. The van der Waals surface area contributed by atoms with Gasteiger partial charge in [-0.25, -0.2) is 0 Å². The molecule has 19 heavy (non-hydrogen) atoms. The number of piperazine rings is 1. The maximum Gasteiger partial charge on any atom is 0.0685 e. The number of nitrogens with two attached hydrogens (primary N) is 1. The molecule has 2 N–H and O–H groups in total. The van der Waals surface area contributed by atoms with Crippen molar-refractivity contribution in [3.63, 3.8) is 0 Å². The van der Waals surface area contributed by atoms with Gasteiger partial charge in [0, 0.05) is 38.3 Å². The Labute approximate surface area is 117 Å². The van der Waals surface area contributed by atoms with Crippen LogP contribution >= 0.6 is 0 Å². The first-order valence-corrected chi connectivity index (χ1v) is 7.88. The molecule has 1 spiro atoms. The Kier molecular flexibility index (Phi) is 3.87. The molecule has 1 aliphatic carbocycles. The van der Waals surface area contributed by atoms with Crippen molar-refractivity contribution in [2.24, 2.45) is 11.7 Å². The molecule has 3 atom stereocenters. The molecule has 2 aliphatic heterocycles. The summed E-state index contributed by atoms with van der Waals surface area (Å²) in [4.78, 5) is 4.89. The van der Waals surface area contributed by atoms with Crippen LogP contribution in [-0.4, -0.2) is 67.8 Å². The molecule has 3 rings (SSSR count). The highest BCUT2D eigenvalue weighted by Gasteiger charge is 2.45. The van der Waals surface area contributed by atoms with Crippen LogP contribution in [-0.2, 0) is 4.74 Å². The normalized spacial score (nSPS) is 38.1. The lowest BCUT2D eigenvalue weighted by atomic mass is 9.69. The first-order valence-electron chi connectivity index (χ1n) is 7.88. The second-order valence-electron chi connectivity index (χ2n) is 7.03. The third-order valence-corrected chi connectivity index (χ3v) is 5.68. The molecule has 4 heteroatoms. The van der Waals surface area contributed by atoms with Crippen LogP contribution in [0.25, 0.3) is 0 Å². The Balaban J connectivity index is 1.63. The molecule has 4 nitrogen and oxygen atoms in total. The van der Waals surface area contributed by atoms with Crippen molar-refractivity contribution < 1.29 is 4.74 Å². The zero-order valence-corrected chi connectivity index (χ0v) is 12.5. The Bertz CT molecular complexity index is 319. The molecule has 0 aromatic heterocycles. The van der Waals surface area contributed by atoms with Crippen molar-refractivity contribution in [3.8, 4) is 0 Å². The number of rotatable bonds is 2. The fourth-order valence-corrected chi connectivity index (χ4v) is 4.09. The first-order chi connectivity index (χ1) is 9.10. The number of hydrogen-bond acceptors (Lipinski definition) is 4. The van der Waals surface area contributed by atoms with Crippen LogP contribution in [0.2, 0.25) is 0 Å². The molecule has 2 saturated heterocycles. The second-order valence-corrected chi connectivity index (χ2v) is 7.03. The summed E-state index contributed by atoms with van der Waals surface area (Å²) >= 11 is 0. The summed E-state index contributed by atoms with van der Waals surface area (Å²) in [5, 5.41) is 0. The van der Waals surface area contributed by atoms with E-state index >= 15 is 0 Å². The summed E-state index contributed by atoms with van der Waals surface area (Å²) < 4.78 is 6.04. The Morgan fingerprint density at radius 3 is 2.74 bits per heavy atom. The van der Waals surface area contributed by atoms with E-state index < -0.39 is 0 Å². The van der Waals surface area contributed by atoms with E-state index in [4.69, 9.17) is 10.5 Å². The zero-order chi connectivity index (χ0) is 13.5. The number of likely N-dealkylation sites (N-methyl/N-ethyl adjacent to an activating group) is 2. The van der Waals surface area contributed by atoms with Crippen molar-refractivity contribution in [2.75, 3.05) is 40.3 Å². The van der Waals surface area contributed by atoms with Gasteiger partial charge in [0.15, 0.2) is 0 Å². The molecule has 2 heterocycles. The van der Waals surface area contributed by atoms with Gasteiger partial charge < -0.3 is 15.4 Å². The van der Waals surface area contributed by atoms with E-state index in [9.17, 15) is 0 Å². The van der Waals surface area contributed by atoms with Gasteiger partial charge in [-0.3, -0.25) is 4.90 Å².